The third kappa shape index (κ3) is 4.19. The van der Waals surface area contributed by atoms with Crippen LogP contribution >= 0.6 is 0 Å². The SMILES string of the molecule is CC1=[N+]2C(=C(c3ccc(N)cc3)c3ccc(C)n3[B-]2(F)F)C=C1.CC1=[N+]2C(=C(c3ccc(N)cc3)c3ccc(C)n3[B-]2(F)F)C=C1. The van der Waals surface area contributed by atoms with Crippen molar-refractivity contribution in [3.8, 4) is 0 Å². The molecule has 0 amide bonds. The molecule has 6 nitrogen and oxygen atoms in total. The molecule has 46 heavy (non-hydrogen) atoms. The van der Waals surface area contributed by atoms with Gasteiger partial charge in [-0.1, -0.05) is 24.3 Å². The van der Waals surface area contributed by atoms with Crippen molar-refractivity contribution >= 4 is 47.9 Å². The number of benzene rings is 2. The number of nitrogens with two attached hydrogens (primary N) is 2. The first-order chi connectivity index (χ1) is 21.8. The van der Waals surface area contributed by atoms with Crippen LogP contribution in [0.5, 0.6) is 0 Å². The zero-order chi connectivity index (χ0) is 32.7. The fourth-order valence-corrected chi connectivity index (χ4v) is 7.05. The number of aryl methyl sites for hydroxylation is 2. The number of rotatable bonds is 2. The highest BCUT2D eigenvalue weighted by molar-refractivity contribution is 6.58. The number of halogens is 4. The Balaban J connectivity index is 0.000000147. The normalized spacial score (nSPS) is 18.4. The van der Waals surface area contributed by atoms with E-state index in [2.05, 4.69) is 0 Å². The van der Waals surface area contributed by atoms with E-state index < -0.39 is 13.9 Å². The average Bonchev–Trinajstić information content (AvgIpc) is 3.78. The summed E-state index contributed by atoms with van der Waals surface area (Å²) in [5.41, 5.74) is 20.6. The van der Waals surface area contributed by atoms with Crippen molar-refractivity contribution in [2.45, 2.75) is 27.7 Å². The molecule has 2 aromatic carbocycles. The molecular weight excluding hydrogens is 590 g/mol. The second-order valence-corrected chi connectivity index (χ2v) is 12.1. The minimum Gasteiger partial charge on any atom is -0.399 e. The number of aromatic nitrogens is 2. The fraction of sp³-hybridized carbons (Fsp3) is 0.118. The summed E-state index contributed by atoms with van der Waals surface area (Å²) in [6, 6.07) is 21.7. The Hall–Kier alpha value is -5.25. The molecule has 0 atom stereocenters. The predicted molar refractivity (Wildman–Crippen MR) is 179 cm³/mol. The summed E-state index contributed by atoms with van der Waals surface area (Å²) < 4.78 is 65.0. The van der Waals surface area contributed by atoms with Crippen molar-refractivity contribution in [3.05, 3.63) is 142 Å². The van der Waals surface area contributed by atoms with Gasteiger partial charge in [0.05, 0.1) is 11.1 Å². The van der Waals surface area contributed by atoms with Gasteiger partial charge in [0.2, 0.25) is 0 Å². The van der Waals surface area contributed by atoms with Gasteiger partial charge in [0, 0.05) is 60.9 Å². The maximum atomic E-state index is 15.1. The molecule has 0 aliphatic carbocycles. The lowest BCUT2D eigenvalue weighted by molar-refractivity contribution is -0.362. The third-order valence-corrected chi connectivity index (χ3v) is 9.15. The van der Waals surface area contributed by atoms with Gasteiger partial charge >= 0.3 is 13.9 Å². The molecule has 8 rings (SSSR count). The van der Waals surface area contributed by atoms with Crippen molar-refractivity contribution in [3.63, 3.8) is 0 Å². The van der Waals surface area contributed by atoms with Crippen LogP contribution in [-0.2, 0) is 0 Å². The standard InChI is InChI=1S/2C17H16BF2N3/c2*1-11-3-9-15-17(13-5-7-14(21)8-6-13)16-10-4-12(2)23(16)18(19,20)22(11)15/h2*3-10H,21H2,1-2H3. The molecule has 0 bridgehead atoms. The molecule has 4 aliphatic heterocycles. The van der Waals surface area contributed by atoms with E-state index in [1.807, 2.05) is 24.3 Å². The molecule has 4 aliphatic rings. The van der Waals surface area contributed by atoms with Crippen molar-refractivity contribution < 1.29 is 26.2 Å². The number of anilines is 2. The number of allylic oxidation sites excluding steroid dienone is 4. The van der Waals surface area contributed by atoms with Gasteiger partial charge in [-0.05, 0) is 84.9 Å². The van der Waals surface area contributed by atoms with Gasteiger partial charge in [0.25, 0.3) is 0 Å². The van der Waals surface area contributed by atoms with Crippen molar-refractivity contribution in [2.24, 2.45) is 0 Å². The van der Waals surface area contributed by atoms with E-state index in [4.69, 9.17) is 11.5 Å². The van der Waals surface area contributed by atoms with Crippen LogP contribution in [-0.4, -0.2) is 43.3 Å². The van der Waals surface area contributed by atoms with Gasteiger partial charge in [-0.15, -0.1) is 0 Å². The number of hydrogen-bond acceptors (Lipinski definition) is 2. The van der Waals surface area contributed by atoms with Crippen LogP contribution in [0.15, 0.2) is 108 Å². The van der Waals surface area contributed by atoms with E-state index in [9.17, 15) is 0 Å². The highest BCUT2D eigenvalue weighted by atomic mass is 19.3. The minimum absolute atomic E-state index is 0.544. The second-order valence-electron chi connectivity index (χ2n) is 12.1. The Bertz CT molecular complexity index is 1990. The molecule has 12 heteroatoms. The molecule has 4 N–H and O–H groups in total. The lowest BCUT2D eigenvalue weighted by Gasteiger charge is -2.32. The summed E-state index contributed by atoms with van der Waals surface area (Å²) in [4.78, 5) is 0. The molecule has 232 valence electrons. The van der Waals surface area contributed by atoms with E-state index in [0.29, 0.717) is 57.0 Å². The highest BCUT2D eigenvalue weighted by Crippen LogP contribution is 2.42. The monoisotopic (exact) mass is 622 g/mol. The van der Waals surface area contributed by atoms with Gasteiger partial charge in [0.1, 0.15) is 11.4 Å². The summed E-state index contributed by atoms with van der Waals surface area (Å²) >= 11 is 0. The number of nitrogen functional groups attached to an aromatic ring is 2. The van der Waals surface area contributed by atoms with Crippen molar-refractivity contribution in [1.29, 1.82) is 0 Å². The van der Waals surface area contributed by atoms with E-state index in [-0.39, 0.29) is 0 Å². The number of nitrogens with zero attached hydrogens (tertiary/aromatic N) is 4. The number of hydrogen-bond donors (Lipinski definition) is 2. The summed E-state index contributed by atoms with van der Waals surface area (Å²) in [5.74, 6) is 0. The van der Waals surface area contributed by atoms with Gasteiger partial charge in [-0.3, -0.25) is 0 Å². The first-order valence-electron chi connectivity index (χ1n) is 15.1. The molecule has 0 radical (unpaired) electrons. The maximum absolute atomic E-state index is 15.1. The molecule has 0 saturated heterocycles. The predicted octanol–water partition coefficient (Wildman–Crippen LogP) is 6.84. The Morgan fingerprint density at radius 1 is 0.500 bits per heavy atom. The van der Waals surface area contributed by atoms with E-state index in [1.54, 1.807) is 101 Å². The third-order valence-electron chi connectivity index (χ3n) is 9.15. The van der Waals surface area contributed by atoms with E-state index >= 15 is 17.3 Å². The van der Waals surface area contributed by atoms with Crippen LogP contribution in [0.25, 0.3) is 11.1 Å². The Morgan fingerprint density at radius 3 is 1.20 bits per heavy atom. The van der Waals surface area contributed by atoms with Gasteiger partial charge in [-0.2, -0.15) is 0 Å². The van der Waals surface area contributed by atoms with Crippen molar-refractivity contribution in [2.75, 3.05) is 11.5 Å². The minimum atomic E-state index is -3.88. The van der Waals surface area contributed by atoms with Crippen LogP contribution in [0.3, 0.4) is 0 Å². The van der Waals surface area contributed by atoms with Crippen molar-refractivity contribution in [1.82, 2.24) is 8.96 Å². The van der Waals surface area contributed by atoms with Crippen LogP contribution < -0.4 is 11.5 Å². The molecule has 2 aromatic heterocycles. The van der Waals surface area contributed by atoms with E-state index in [0.717, 1.165) is 40.2 Å². The fourth-order valence-electron chi connectivity index (χ4n) is 7.05. The zero-order valence-electron chi connectivity index (χ0n) is 25.8. The number of fused-ring (bicyclic) bond motifs is 4. The Labute approximate surface area is 264 Å². The summed E-state index contributed by atoms with van der Waals surface area (Å²) in [6.07, 6.45) is 7.01. The molecule has 0 unspecified atom stereocenters. The summed E-state index contributed by atoms with van der Waals surface area (Å²) in [6.45, 7) is -0.919. The van der Waals surface area contributed by atoms with E-state index in [1.165, 1.54) is 0 Å². The van der Waals surface area contributed by atoms with Gasteiger partial charge in [-0.25, -0.2) is 0 Å². The topological polar surface area (TPSA) is 67.9 Å². The first-order valence-corrected chi connectivity index (χ1v) is 15.1. The zero-order valence-corrected chi connectivity index (χ0v) is 25.8. The smallest absolute Gasteiger partial charge is 0.399 e. The largest absolute Gasteiger partial charge is 0.737 e. The Morgan fingerprint density at radius 2 is 0.848 bits per heavy atom. The van der Waals surface area contributed by atoms with Crippen LogP contribution in [0.1, 0.15) is 47.8 Å². The highest BCUT2D eigenvalue weighted by Gasteiger charge is 2.54. The summed E-state index contributed by atoms with van der Waals surface area (Å²) in [7, 11) is 0. The molecule has 0 saturated carbocycles. The molecule has 6 heterocycles. The lowest BCUT2D eigenvalue weighted by Crippen LogP contribution is -2.51. The van der Waals surface area contributed by atoms with Gasteiger partial charge in [0.15, 0.2) is 11.4 Å². The Kier molecular flexibility index (Phi) is 6.49. The molecule has 4 aromatic rings. The quantitative estimate of drug-likeness (QED) is 0.146. The van der Waals surface area contributed by atoms with Gasteiger partial charge < -0.3 is 46.7 Å². The summed E-state index contributed by atoms with van der Waals surface area (Å²) in [5, 5.41) is 0. The maximum Gasteiger partial charge on any atom is 0.737 e. The average molecular weight is 622 g/mol. The molecule has 0 spiro atoms. The lowest BCUT2D eigenvalue weighted by atomic mass is 9.86. The second kappa shape index (κ2) is 10.1. The first kappa shape index (κ1) is 29.5. The molecule has 0 fully saturated rings. The van der Waals surface area contributed by atoms with Crippen LogP contribution in [0, 0.1) is 13.8 Å². The van der Waals surface area contributed by atoms with Crippen LogP contribution in [0.4, 0.5) is 28.6 Å². The van der Waals surface area contributed by atoms with Crippen LogP contribution in [0.2, 0.25) is 0 Å². The molecular formula is C34H32B2F4N6.